The Balaban J connectivity index is 2.09. The van der Waals surface area contributed by atoms with Crippen molar-refractivity contribution in [3.05, 3.63) is 54.0 Å². The summed E-state index contributed by atoms with van der Waals surface area (Å²) >= 11 is 0. The Morgan fingerprint density at radius 3 is 2.57 bits per heavy atom. The molecule has 2 aromatic rings. The molecule has 0 aliphatic carbocycles. The van der Waals surface area contributed by atoms with E-state index in [2.05, 4.69) is 6.92 Å². The number of rotatable bonds is 12. The van der Waals surface area contributed by atoms with Crippen LogP contribution in [0, 0.1) is 0 Å². The molecule has 0 saturated carbocycles. The van der Waals surface area contributed by atoms with Gasteiger partial charge in [-0.05, 0) is 43.2 Å². The quantitative estimate of drug-likeness (QED) is 0.382. The minimum absolute atomic E-state index is 0.0556. The molecule has 154 valence electrons. The first-order valence-corrected chi connectivity index (χ1v) is 11.3. The maximum Gasteiger partial charge on any atom is 0.308 e. The summed E-state index contributed by atoms with van der Waals surface area (Å²) in [6.45, 7) is 4.40. The van der Waals surface area contributed by atoms with E-state index in [1.165, 1.54) is 6.92 Å². The molecule has 0 saturated heterocycles. The van der Waals surface area contributed by atoms with E-state index in [1.807, 2.05) is 12.1 Å². The first-order valence-electron chi connectivity index (χ1n) is 9.74. The first-order chi connectivity index (χ1) is 13.4. The third-order valence-electron chi connectivity index (χ3n) is 4.37. The first kappa shape index (κ1) is 22.0. The van der Waals surface area contributed by atoms with Crippen molar-refractivity contribution in [2.75, 3.05) is 5.75 Å². The highest BCUT2D eigenvalue weighted by Gasteiger charge is 2.17. The number of carbonyl (C=O) groups is 1. The van der Waals surface area contributed by atoms with Gasteiger partial charge in [0, 0.05) is 13.0 Å². The Hall–Kier alpha value is -2.28. The predicted molar refractivity (Wildman–Crippen MR) is 108 cm³/mol. The van der Waals surface area contributed by atoms with Crippen molar-refractivity contribution in [3.63, 3.8) is 0 Å². The number of amides is 1. The van der Waals surface area contributed by atoms with Gasteiger partial charge in [0.1, 0.15) is 11.5 Å². The monoisotopic (exact) mass is 407 g/mol. The van der Waals surface area contributed by atoms with Crippen LogP contribution in [0.25, 0.3) is 0 Å². The van der Waals surface area contributed by atoms with Crippen LogP contribution in [0.1, 0.15) is 57.3 Å². The smallest absolute Gasteiger partial charge is 0.308 e. The van der Waals surface area contributed by atoms with E-state index in [1.54, 1.807) is 35.4 Å². The fourth-order valence-corrected chi connectivity index (χ4v) is 3.32. The molecule has 0 unspecified atom stereocenters. The maximum atomic E-state index is 12.8. The fourth-order valence-electron chi connectivity index (χ4n) is 2.81. The lowest BCUT2D eigenvalue weighted by atomic mass is 10.1. The standard InChI is InChI=1S/C21H29NO5S/c1-3-5-6-7-13-21(23)22(17-20-12-9-14-26-20)16-18-10-8-11-19(15-18)27-28(24,25)4-2/h8-12,14-15H,3-7,13,16-17H2,1-2H3. The molecule has 28 heavy (non-hydrogen) atoms. The maximum absolute atomic E-state index is 12.8. The van der Waals surface area contributed by atoms with Crippen molar-refractivity contribution in [3.8, 4) is 5.75 Å². The Labute approximate surface area is 167 Å². The molecule has 0 radical (unpaired) electrons. The van der Waals surface area contributed by atoms with Gasteiger partial charge in [0.05, 0.1) is 18.6 Å². The number of unbranched alkanes of at least 4 members (excludes halogenated alkanes) is 3. The van der Waals surface area contributed by atoms with Crippen LogP contribution in [0.4, 0.5) is 0 Å². The number of carbonyl (C=O) groups excluding carboxylic acids is 1. The van der Waals surface area contributed by atoms with E-state index in [-0.39, 0.29) is 17.4 Å². The summed E-state index contributed by atoms with van der Waals surface area (Å²) in [6.07, 6.45) is 6.22. The SMILES string of the molecule is CCCCCCC(=O)N(Cc1cccc(OS(=O)(=O)CC)c1)Cc1ccco1. The zero-order chi connectivity index (χ0) is 20.4. The zero-order valence-electron chi connectivity index (χ0n) is 16.6. The Bertz CT molecular complexity index is 830. The fraction of sp³-hybridized carbons (Fsp3) is 0.476. The summed E-state index contributed by atoms with van der Waals surface area (Å²) in [6, 6.07) is 10.5. The predicted octanol–water partition coefficient (Wildman–Crippen LogP) is 4.51. The van der Waals surface area contributed by atoms with Crippen molar-refractivity contribution in [1.29, 1.82) is 0 Å². The molecule has 1 amide bonds. The van der Waals surface area contributed by atoms with Gasteiger partial charge in [0.15, 0.2) is 0 Å². The van der Waals surface area contributed by atoms with Crippen molar-refractivity contribution in [2.24, 2.45) is 0 Å². The normalized spacial score (nSPS) is 11.4. The molecule has 1 aromatic carbocycles. The van der Waals surface area contributed by atoms with Gasteiger partial charge in [-0.2, -0.15) is 8.42 Å². The molecule has 0 atom stereocenters. The molecule has 0 bridgehead atoms. The molecule has 1 aromatic heterocycles. The largest absolute Gasteiger partial charge is 0.467 e. The van der Waals surface area contributed by atoms with Gasteiger partial charge >= 0.3 is 10.1 Å². The van der Waals surface area contributed by atoms with E-state index in [9.17, 15) is 13.2 Å². The molecule has 0 N–H and O–H groups in total. The lowest BCUT2D eigenvalue weighted by molar-refractivity contribution is -0.132. The zero-order valence-corrected chi connectivity index (χ0v) is 17.4. The molecule has 0 fully saturated rings. The highest BCUT2D eigenvalue weighted by Crippen LogP contribution is 2.19. The summed E-state index contributed by atoms with van der Waals surface area (Å²) in [5.41, 5.74) is 0.803. The van der Waals surface area contributed by atoms with Gasteiger partial charge in [0.2, 0.25) is 5.91 Å². The van der Waals surface area contributed by atoms with Crippen LogP contribution < -0.4 is 4.18 Å². The second-order valence-corrected chi connectivity index (χ2v) is 8.58. The van der Waals surface area contributed by atoms with Gasteiger partial charge in [-0.25, -0.2) is 0 Å². The van der Waals surface area contributed by atoms with E-state index < -0.39 is 10.1 Å². The van der Waals surface area contributed by atoms with Gasteiger partial charge in [-0.15, -0.1) is 0 Å². The lowest BCUT2D eigenvalue weighted by Crippen LogP contribution is -2.29. The van der Waals surface area contributed by atoms with Crippen LogP contribution in [0.15, 0.2) is 47.1 Å². The molecule has 0 aliphatic heterocycles. The highest BCUT2D eigenvalue weighted by molar-refractivity contribution is 7.87. The highest BCUT2D eigenvalue weighted by atomic mass is 32.2. The Kier molecular flexibility index (Phi) is 8.57. The van der Waals surface area contributed by atoms with Crippen molar-refractivity contribution < 1.29 is 21.8 Å². The van der Waals surface area contributed by atoms with Gasteiger partial charge < -0.3 is 13.5 Å². The number of hydrogen-bond acceptors (Lipinski definition) is 5. The summed E-state index contributed by atoms with van der Waals surface area (Å²) in [4.78, 5) is 14.5. The van der Waals surface area contributed by atoms with E-state index in [0.29, 0.717) is 25.3 Å². The average molecular weight is 408 g/mol. The Morgan fingerprint density at radius 2 is 1.89 bits per heavy atom. The van der Waals surface area contributed by atoms with Crippen LogP contribution >= 0.6 is 0 Å². The van der Waals surface area contributed by atoms with Crippen molar-refractivity contribution >= 4 is 16.0 Å². The molecule has 0 spiro atoms. The van der Waals surface area contributed by atoms with Crippen molar-refractivity contribution in [2.45, 2.75) is 59.0 Å². The number of nitrogens with zero attached hydrogens (tertiary/aromatic N) is 1. The minimum Gasteiger partial charge on any atom is -0.467 e. The summed E-state index contributed by atoms with van der Waals surface area (Å²) in [7, 11) is -3.59. The van der Waals surface area contributed by atoms with E-state index in [4.69, 9.17) is 8.60 Å². The van der Waals surface area contributed by atoms with Gasteiger partial charge in [-0.1, -0.05) is 38.3 Å². The molecule has 7 heteroatoms. The van der Waals surface area contributed by atoms with Crippen molar-refractivity contribution in [1.82, 2.24) is 4.90 Å². The molecule has 6 nitrogen and oxygen atoms in total. The third kappa shape index (κ3) is 7.38. The number of hydrogen-bond donors (Lipinski definition) is 0. The lowest BCUT2D eigenvalue weighted by Gasteiger charge is -2.22. The van der Waals surface area contributed by atoms with Crippen LogP contribution in [-0.2, 0) is 28.0 Å². The topological polar surface area (TPSA) is 76.8 Å². The van der Waals surface area contributed by atoms with Crippen LogP contribution in [0.3, 0.4) is 0 Å². The molecule has 2 rings (SSSR count). The average Bonchev–Trinajstić information content (AvgIpc) is 3.18. The molecular weight excluding hydrogens is 378 g/mol. The van der Waals surface area contributed by atoms with Crippen LogP contribution in [0.2, 0.25) is 0 Å². The Morgan fingerprint density at radius 1 is 1.07 bits per heavy atom. The van der Waals surface area contributed by atoms with Crippen LogP contribution in [0.5, 0.6) is 5.75 Å². The second kappa shape index (κ2) is 10.9. The van der Waals surface area contributed by atoms with E-state index in [0.717, 1.165) is 31.2 Å². The number of benzene rings is 1. The van der Waals surface area contributed by atoms with E-state index >= 15 is 0 Å². The molecule has 0 aliphatic rings. The summed E-state index contributed by atoms with van der Waals surface area (Å²) in [5, 5.41) is 0. The van der Waals surface area contributed by atoms with Gasteiger partial charge in [-0.3, -0.25) is 4.79 Å². The third-order valence-corrected chi connectivity index (χ3v) is 5.53. The van der Waals surface area contributed by atoms with Gasteiger partial charge in [0.25, 0.3) is 0 Å². The molecule has 1 heterocycles. The summed E-state index contributed by atoms with van der Waals surface area (Å²) in [5.74, 6) is 0.925. The second-order valence-electron chi connectivity index (χ2n) is 6.72. The van der Waals surface area contributed by atoms with Crippen LogP contribution in [-0.4, -0.2) is 25.0 Å². The minimum atomic E-state index is -3.59. The summed E-state index contributed by atoms with van der Waals surface area (Å²) < 4.78 is 33.9. The number of furan rings is 1. The molecular formula is C21H29NO5S.